The fourth-order valence-electron chi connectivity index (χ4n) is 1.91. The summed E-state index contributed by atoms with van der Waals surface area (Å²) in [6.07, 6.45) is 0. The van der Waals surface area contributed by atoms with E-state index in [1.807, 2.05) is 31.2 Å². The number of aromatic hydroxyl groups is 1. The summed E-state index contributed by atoms with van der Waals surface area (Å²) in [5.41, 5.74) is 9.03. The van der Waals surface area contributed by atoms with Gasteiger partial charge in [0.15, 0.2) is 0 Å². The lowest BCUT2D eigenvalue weighted by atomic mass is 10.1. The number of ether oxygens (including phenoxy) is 1. The molecule has 0 saturated heterocycles. The number of methoxy groups -OCH3 is 1. The Balaban J connectivity index is 2.21. The normalized spacial score (nSPS) is 11.4. The molecule has 0 aliphatic carbocycles. The molecule has 0 aromatic heterocycles. The molecule has 20 heavy (non-hydrogen) atoms. The SMILES string of the molecule is COc1ccc(/C(C)=N/Cc2ccccc2N)c(O)c1. The van der Waals surface area contributed by atoms with Crippen molar-refractivity contribution in [3.63, 3.8) is 0 Å². The molecule has 3 N–H and O–H groups in total. The molecule has 2 aromatic rings. The summed E-state index contributed by atoms with van der Waals surface area (Å²) in [7, 11) is 1.56. The number of hydrogen-bond acceptors (Lipinski definition) is 4. The average molecular weight is 270 g/mol. The predicted molar refractivity (Wildman–Crippen MR) is 81.4 cm³/mol. The Hall–Kier alpha value is -2.49. The lowest BCUT2D eigenvalue weighted by molar-refractivity contribution is 0.407. The van der Waals surface area contributed by atoms with Gasteiger partial charge in [-0.3, -0.25) is 4.99 Å². The molecule has 0 aliphatic rings. The second-order valence-electron chi connectivity index (χ2n) is 4.48. The third kappa shape index (κ3) is 3.09. The Morgan fingerprint density at radius 1 is 1.25 bits per heavy atom. The van der Waals surface area contributed by atoms with Gasteiger partial charge in [0.2, 0.25) is 0 Å². The molecule has 0 amide bonds. The molecule has 4 nitrogen and oxygen atoms in total. The minimum atomic E-state index is 0.159. The number of nitrogens with zero attached hydrogens (tertiary/aromatic N) is 1. The van der Waals surface area contributed by atoms with Crippen molar-refractivity contribution in [3.8, 4) is 11.5 Å². The van der Waals surface area contributed by atoms with Gasteiger partial charge in [-0.25, -0.2) is 0 Å². The van der Waals surface area contributed by atoms with Crippen LogP contribution < -0.4 is 10.5 Å². The minimum absolute atomic E-state index is 0.159. The van der Waals surface area contributed by atoms with Crippen LogP contribution in [0.3, 0.4) is 0 Å². The number of aliphatic imine (C=N–C) groups is 1. The van der Waals surface area contributed by atoms with E-state index < -0.39 is 0 Å². The molecule has 0 bridgehead atoms. The second-order valence-corrected chi connectivity index (χ2v) is 4.48. The number of nitrogens with two attached hydrogens (primary N) is 1. The molecular formula is C16H18N2O2. The Kier molecular flexibility index (Phi) is 4.25. The van der Waals surface area contributed by atoms with Crippen molar-refractivity contribution in [1.82, 2.24) is 0 Å². The average Bonchev–Trinajstić information content (AvgIpc) is 2.46. The van der Waals surface area contributed by atoms with Crippen LogP contribution >= 0.6 is 0 Å². The maximum Gasteiger partial charge on any atom is 0.128 e. The van der Waals surface area contributed by atoms with Crippen molar-refractivity contribution in [2.24, 2.45) is 4.99 Å². The van der Waals surface area contributed by atoms with Crippen LogP contribution in [0, 0.1) is 0 Å². The summed E-state index contributed by atoms with van der Waals surface area (Å²) in [6, 6.07) is 12.8. The van der Waals surface area contributed by atoms with Gasteiger partial charge in [-0.1, -0.05) is 18.2 Å². The van der Waals surface area contributed by atoms with Crippen molar-refractivity contribution >= 4 is 11.4 Å². The van der Waals surface area contributed by atoms with Crippen molar-refractivity contribution in [2.75, 3.05) is 12.8 Å². The number of para-hydroxylation sites is 1. The Bertz CT molecular complexity index is 636. The van der Waals surface area contributed by atoms with Crippen LogP contribution in [-0.4, -0.2) is 17.9 Å². The zero-order valence-corrected chi connectivity index (χ0v) is 11.6. The van der Waals surface area contributed by atoms with Gasteiger partial charge in [0.1, 0.15) is 11.5 Å². The molecule has 0 unspecified atom stereocenters. The van der Waals surface area contributed by atoms with Crippen LogP contribution in [0.1, 0.15) is 18.1 Å². The molecule has 0 spiro atoms. The molecule has 0 fully saturated rings. The first-order valence-corrected chi connectivity index (χ1v) is 6.33. The van der Waals surface area contributed by atoms with E-state index in [4.69, 9.17) is 10.5 Å². The third-order valence-corrected chi connectivity index (χ3v) is 3.14. The highest BCUT2D eigenvalue weighted by molar-refractivity contribution is 6.01. The Morgan fingerprint density at radius 2 is 2.00 bits per heavy atom. The number of benzene rings is 2. The van der Waals surface area contributed by atoms with Gasteiger partial charge in [-0.05, 0) is 30.7 Å². The Labute approximate surface area is 118 Å². The number of hydrogen-bond donors (Lipinski definition) is 2. The van der Waals surface area contributed by atoms with Gasteiger partial charge in [-0.15, -0.1) is 0 Å². The third-order valence-electron chi connectivity index (χ3n) is 3.14. The van der Waals surface area contributed by atoms with E-state index in [0.717, 1.165) is 17.0 Å². The molecule has 2 rings (SSSR count). The quantitative estimate of drug-likeness (QED) is 0.663. The van der Waals surface area contributed by atoms with Gasteiger partial charge in [0.05, 0.1) is 13.7 Å². The van der Waals surface area contributed by atoms with Gasteiger partial charge in [-0.2, -0.15) is 0 Å². The molecule has 4 heteroatoms. The van der Waals surface area contributed by atoms with Gasteiger partial charge >= 0.3 is 0 Å². The maximum absolute atomic E-state index is 9.96. The smallest absolute Gasteiger partial charge is 0.128 e. The monoisotopic (exact) mass is 270 g/mol. The van der Waals surface area contributed by atoms with Crippen LogP contribution in [-0.2, 0) is 6.54 Å². The predicted octanol–water partition coefficient (Wildman–Crippen LogP) is 2.99. The Morgan fingerprint density at radius 3 is 2.65 bits per heavy atom. The van der Waals surface area contributed by atoms with Crippen LogP contribution in [0.25, 0.3) is 0 Å². The first kappa shape index (κ1) is 13.9. The minimum Gasteiger partial charge on any atom is -0.507 e. The van der Waals surface area contributed by atoms with E-state index in [0.29, 0.717) is 17.9 Å². The highest BCUT2D eigenvalue weighted by Crippen LogP contribution is 2.24. The number of phenols is 1. The van der Waals surface area contributed by atoms with Crippen molar-refractivity contribution < 1.29 is 9.84 Å². The summed E-state index contributed by atoms with van der Waals surface area (Å²) in [5, 5.41) is 9.96. The van der Waals surface area contributed by atoms with E-state index in [9.17, 15) is 5.11 Å². The van der Waals surface area contributed by atoms with E-state index in [-0.39, 0.29) is 5.75 Å². The highest BCUT2D eigenvalue weighted by atomic mass is 16.5. The van der Waals surface area contributed by atoms with Crippen LogP contribution in [0.5, 0.6) is 11.5 Å². The molecule has 0 aliphatic heterocycles. The fraction of sp³-hybridized carbons (Fsp3) is 0.188. The number of rotatable bonds is 4. The molecule has 0 atom stereocenters. The van der Waals surface area contributed by atoms with Crippen LogP contribution in [0.4, 0.5) is 5.69 Å². The first-order valence-electron chi connectivity index (χ1n) is 6.33. The maximum atomic E-state index is 9.96. The largest absolute Gasteiger partial charge is 0.507 e. The molecule has 0 heterocycles. The summed E-state index contributed by atoms with van der Waals surface area (Å²) in [4.78, 5) is 4.48. The summed E-state index contributed by atoms with van der Waals surface area (Å²) >= 11 is 0. The molecular weight excluding hydrogens is 252 g/mol. The van der Waals surface area contributed by atoms with Crippen LogP contribution in [0.2, 0.25) is 0 Å². The van der Waals surface area contributed by atoms with E-state index in [1.54, 1.807) is 25.3 Å². The number of anilines is 1. The second kappa shape index (κ2) is 6.10. The standard InChI is InChI=1S/C16H18N2O2/c1-11(14-8-7-13(20-2)9-16(14)19)18-10-12-5-3-4-6-15(12)17/h3-9,19H,10,17H2,1-2H3/b18-11+. The van der Waals surface area contributed by atoms with E-state index in [1.165, 1.54) is 0 Å². The fourth-order valence-corrected chi connectivity index (χ4v) is 1.91. The van der Waals surface area contributed by atoms with Crippen molar-refractivity contribution in [3.05, 3.63) is 53.6 Å². The highest BCUT2D eigenvalue weighted by Gasteiger charge is 2.06. The number of nitrogen functional groups attached to an aromatic ring is 1. The van der Waals surface area contributed by atoms with E-state index in [2.05, 4.69) is 4.99 Å². The van der Waals surface area contributed by atoms with Crippen molar-refractivity contribution in [1.29, 1.82) is 0 Å². The molecule has 2 aromatic carbocycles. The van der Waals surface area contributed by atoms with Crippen LogP contribution in [0.15, 0.2) is 47.5 Å². The lowest BCUT2D eigenvalue weighted by Crippen LogP contribution is -1.99. The topological polar surface area (TPSA) is 67.8 Å². The zero-order chi connectivity index (χ0) is 14.5. The molecule has 104 valence electrons. The van der Waals surface area contributed by atoms with Gasteiger partial charge in [0.25, 0.3) is 0 Å². The summed E-state index contributed by atoms with van der Waals surface area (Å²) < 4.78 is 5.06. The molecule has 0 saturated carbocycles. The van der Waals surface area contributed by atoms with Crippen molar-refractivity contribution in [2.45, 2.75) is 13.5 Å². The zero-order valence-electron chi connectivity index (χ0n) is 11.6. The summed E-state index contributed by atoms with van der Waals surface area (Å²) in [6.45, 7) is 2.35. The lowest BCUT2D eigenvalue weighted by Gasteiger charge is -2.07. The molecule has 0 radical (unpaired) electrons. The summed E-state index contributed by atoms with van der Waals surface area (Å²) in [5.74, 6) is 0.776. The number of phenolic OH excluding ortho intramolecular Hbond substituents is 1. The van der Waals surface area contributed by atoms with Gasteiger partial charge in [0, 0.05) is 23.0 Å². The van der Waals surface area contributed by atoms with Gasteiger partial charge < -0.3 is 15.6 Å². The van der Waals surface area contributed by atoms with E-state index >= 15 is 0 Å². The first-order chi connectivity index (χ1) is 9.61.